The number of hydrogen-bond acceptors (Lipinski definition) is 7. The molecular formula is C33H49NO7. The van der Waals surface area contributed by atoms with Gasteiger partial charge in [0.05, 0.1) is 17.8 Å². The summed E-state index contributed by atoms with van der Waals surface area (Å²) in [4.78, 5) is 35.1. The number of benzene rings is 2. The van der Waals surface area contributed by atoms with Crippen LogP contribution in [0.4, 0.5) is 0 Å². The molecule has 8 nitrogen and oxygen atoms in total. The van der Waals surface area contributed by atoms with E-state index in [9.17, 15) is 14.4 Å². The predicted molar refractivity (Wildman–Crippen MR) is 166 cm³/mol. The van der Waals surface area contributed by atoms with Gasteiger partial charge in [-0.3, -0.25) is 4.79 Å². The summed E-state index contributed by atoms with van der Waals surface area (Å²) in [5.41, 5.74) is 1.08. The highest BCUT2D eigenvalue weighted by molar-refractivity contribution is 5.94. The summed E-state index contributed by atoms with van der Waals surface area (Å²) >= 11 is 0. The van der Waals surface area contributed by atoms with Gasteiger partial charge in [-0.1, -0.05) is 45.9 Å². The molecule has 0 atom stereocenters. The van der Waals surface area contributed by atoms with E-state index < -0.39 is 11.6 Å². The van der Waals surface area contributed by atoms with Crippen LogP contribution in [-0.4, -0.2) is 37.2 Å². The summed E-state index contributed by atoms with van der Waals surface area (Å²) in [6.45, 7) is 20.9. The Bertz CT molecular complexity index is 1230. The number of rotatable bonds is 8. The molecule has 0 aliphatic heterocycles. The topological polar surface area (TPSA) is 104 Å². The summed E-state index contributed by atoms with van der Waals surface area (Å²) in [6.07, 6.45) is 1.30. The monoisotopic (exact) mass is 571 g/mol. The molecule has 0 spiro atoms. The normalized spacial score (nSPS) is 10.6. The molecule has 1 aromatic heterocycles. The first-order chi connectivity index (χ1) is 19.3. The number of amides is 1. The van der Waals surface area contributed by atoms with Crippen LogP contribution < -0.4 is 15.7 Å². The van der Waals surface area contributed by atoms with Crippen LogP contribution in [0.25, 0.3) is 11.0 Å². The molecule has 0 aliphatic rings. The fourth-order valence-corrected chi connectivity index (χ4v) is 2.87. The van der Waals surface area contributed by atoms with Crippen molar-refractivity contribution in [3.63, 3.8) is 0 Å². The zero-order chi connectivity index (χ0) is 31.6. The van der Waals surface area contributed by atoms with Crippen LogP contribution in [0, 0.1) is 0 Å². The quantitative estimate of drug-likeness (QED) is 0.101. The Morgan fingerprint density at radius 2 is 1.44 bits per heavy atom. The maximum absolute atomic E-state index is 12.6. The molecule has 3 aromatic rings. The number of fused-ring (bicyclic) bond motifs is 1. The first-order valence-corrected chi connectivity index (χ1v) is 14.1. The number of carbonyl (C=O) groups excluding carboxylic acids is 2. The second-order valence-corrected chi connectivity index (χ2v) is 10.4. The van der Waals surface area contributed by atoms with Crippen molar-refractivity contribution >= 4 is 23.3 Å². The van der Waals surface area contributed by atoms with E-state index in [2.05, 4.69) is 5.32 Å². The van der Waals surface area contributed by atoms with Crippen LogP contribution >= 0.6 is 0 Å². The molecule has 228 valence electrons. The van der Waals surface area contributed by atoms with Gasteiger partial charge in [-0.2, -0.15) is 0 Å². The molecule has 0 fully saturated rings. The van der Waals surface area contributed by atoms with Gasteiger partial charge >= 0.3 is 11.6 Å². The lowest BCUT2D eigenvalue weighted by molar-refractivity contribution is -0.109. The van der Waals surface area contributed by atoms with Crippen molar-refractivity contribution in [1.82, 2.24) is 5.32 Å². The Labute approximate surface area is 245 Å². The van der Waals surface area contributed by atoms with Crippen LogP contribution in [0.3, 0.4) is 0 Å². The minimum absolute atomic E-state index is 0.0417. The predicted octanol–water partition coefficient (Wildman–Crippen LogP) is 7.10. The van der Waals surface area contributed by atoms with Crippen molar-refractivity contribution in [1.29, 1.82) is 0 Å². The number of methoxy groups -OCH3 is 1. The highest BCUT2D eigenvalue weighted by Crippen LogP contribution is 2.20. The minimum atomic E-state index is -0.789. The van der Waals surface area contributed by atoms with Gasteiger partial charge in [-0.25, -0.2) is 9.59 Å². The lowest BCUT2D eigenvalue weighted by Crippen LogP contribution is -2.19. The fraction of sp³-hybridized carbons (Fsp3) is 0.485. The molecule has 41 heavy (non-hydrogen) atoms. The van der Waals surface area contributed by atoms with Gasteiger partial charge < -0.3 is 23.9 Å². The van der Waals surface area contributed by atoms with Crippen molar-refractivity contribution in [3.05, 3.63) is 75.6 Å². The van der Waals surface area contributed by atoms with Gasteiger partial charge in [-0.15, -0.1) is 0 Å². The van der Waals surface area contributed by atoms with Gasteiger partial charge in [-0.05, 0) is 89.4 Å². The van der Waals surface area contributed by atoms with Gasteiger partial charge in [0.25, 0.3) is 0 Å². The van der Waals surface area contributed by atoms with E-state index >= 15 is 0 Å². The standard InChI is InChI=1S/C24H25NO6.C5H12O.2C2H6/c1-24(2,3)29-14-17-6-9-21-18(12-17)13-20(23(28)31-21)22(27)30-19-7-4-16(5-8-19)10-11-25-15-26;1-5(2,3)6-4;2*1-2/h4-9,12-13,15H,10-11,14H2,1-3H3,(H,25,26);1-4H3;2*1-2H3. The highest BCUT2D eigenvalue weighted by atomic mass is 16.5. The third-order valence-corrected chi connectivity index (χ3v) is 5.08. The van der Waals surface area contributed by atoms with Crippen molar-refractivity contribution in [2.45, 2.75) is 93.5 Å². The second-order valence-electron chi connectivity index (χ2n) is 10.4. The summed E-state index contributed by atoms with van der Waals surface area (Å²) in [5, 5.41) is 3.20. The van der Waals surface area contributed by atoms with Crippen LogP contribution in [0.15, 0.2) is 57.7 Å². The Kier molecular flexibility index (Phi) is 17.2. The summed E-state index contributed by atoms with van der Waals surface area (Å²) in [7, 11) is 1.71. The third-order valence-electron chi connectivity index (χ3n) is 5.08. The van der Waals surface area contributed by atoms with E-state index in [0.29, 0.717) is 42.7 Å². The summed E-state index contributed by atoms with van der Waals surface area (Å²) < 4.78 is 21.3. The molecule has 8 heteroatoms. The Balaban J connectivity index is 0.00000140. The summed E-state index contributed by atoms with van der Waals surface area (Å²) in [6, 6.07) is 13.7. The Morgan fingerprint density at radius 3 is 1.95 bits per heavy atom. The Morgan fingerprint density at radius 1 is 0.878 bits per heavy atom. The number of carbonyl (C=O) groups is 2. The van der Waals surface area contributed by atoms with E-state index in [0.717, 1.165) is 11.1 Å². The average molecular weight is 572 g/mol. The molecule has 1 N–H and O–H groups in total. The smallest absolute Gasteiger partial charge is 0.351 e. The van der Waals surface area contributed by atoms with Gasteiger partial charge in [0, 0.05) is 19.0 Å². The SMILES string of the molecule is CC.CC.CC(C)(C)OCc1ccc2oc(=O)c(C(=O)Oc3ccc(CCNC=O)cc3)cc2c1.COC(C)(C)C. The summed E-state index contributed by atoms with van der Waals surface area (Å²) in [5.74, 6) is -0.480. The van der Waals surface area contributed by atoms with E-state index in [1.165, 1.54) is 6.07 Å². The second kappa shape index (κ2) is 18.8. The highest BCUT2D eigenvalue weighted by Gasteiger charge is 2.17. The third kappa shape index (κ3) is 15.2. The largest absolute Gasteiger partial charge is 0.423 e. The number of hydrogen-bond donors (Lipinski definition) is 1. The molecule has 0 aliphatic carbocycles. The molecule has 1 amide bonds. The molecule has 0 bridgehead atoms. The lowest BCUT2D eigenvalue weighted by Gasteiger charge is -2.19. The first-order valence-electron chi connectivity index (χ1n) is 14.1. The van der Waals surface area contributed by atoms with Gasteiger partial charge in [0.15, 0.2) is 0 Å². The molecule has 3 rings (SSSR count). The molecule has 1 heterocycles. The molecule has 2 aromatic carbocycles. The molecule has 0 radical (unpaired) electrons. The average Bonchev–Trinajstić information content (AvgIpc) is 2.94. The molecule has 0 saturated carbocycles. The number of nitrogens with one attached hydrogen (secondary N) is 1. The zero-order valence-corrected chi connectivity index (χ0v) is 26.7. The van der Waals surface area contributed by atoms with Gasteiger partial charge in [0.1, 0.15) is 16.9 Å². The van der Waals surface area contributed by atoms with Gasteiger partial charge in [0.2, 0.25) is 6.41 Å². The first kappa shape index (κ1) is 37.5. The van der Waals surface area contributed by atoms with Crippen LogP contribution in [0.2, 0.25) is 0 Å². The molecule has 0 saturated heterocycles. The lowest BCUT2D eigenvalue weighted by atomic mass is 10.1. The van der Waals surface area contributed by atoms with E-state index in [4.69, 9.17) is 18.6 Å². The van der Waals surface area contributed by atoms with Crippen molar-refractivity contribution in [2.75, 3.05) is 13.7 Å². The van der Waals surface area contributed by atoms with Crippen molar-refractivity contribution in [3.8, 4) is 5.75 Å². The van der Waals surface area contributed by atoms with Crippen LogP contribution in [0.5, 0.6) is 5.75 Å². The molecule has 0 unspecified atom stereocenters. The molecular weight excluding hydrogens is 522 g/mol. The van der Waals surface area contributed by atoms with Crippen molar-refractivity contribution in [2.24, 2.45) is 0 Å². The van der Waals surface area contributed by atoms with E-state index in [1.54, 1.807) is 37.4 Å². The van der Waals surface area contributed by atoms with Crippen molar-refractivity contribution < 1.29 is 28.2 Å². The zero-order valence-electron chi connectivity index (χ0n) is 26.7. The van der Waals surface area contributed by atoms with Crippen LogP contribution in [0.1, 0.15) is 90.7 Å². The van der Waals surface area contributed by atoms with E-state index in [1.807, 2.05) is 81.4 Å². The van der Waals surface area contributed by atoms with Crippen LogP contribution in [-0.2, 0) is 27.3 Å². The Hall–Kier alpha value is -3.49. The maximum Gasteiger partial charge on any atom is 0.351 e. The fourth-order valence-electron chi connectivity index (χ4n) is 2.87. The minimum Gasteiger partial charge on any atom is -0.423 e. The maximum atomic E-state index is 12.6. The number of ether oxygens (including phenoxy) is 3. The van der Waals surface area contributed by atoms with E-state index in [-0.39, 0.29) is 16.8 Å². The number of esters is 1.